The summed E-state index contributed by atoms with van der Waals surface area (Å²) in [5, 5.41) is 0. The lowest BCUT2D eigenvalue weighted by molar-refractivity contribution is -0.149. The predicted octanol–water partition coefficient (Wildman–Crippen LogP) is 2.11. The average molecular weight is 206 g/mol. The third-order valence-corrected chi connectivity index (χ3v) is 2.65. The van der Waals surface area contributed by atoms with Gasteiger partial charge in [0.2, 0.25) is 0 Å². The minimum absolute atomic E-state index is 0.0694. The molecule has 1 saturated heterocycles. The van der Waals surface area contributed by atoms with Gasteiger partial charge in [-0.25, -0.2) is 0 Å². The van der Waals surface area contributed by atoms with E-state index in [0.29, 0.717) is 18.8 Å². The van der Waals surface area contributed by atoms with E-state index in [1.165, 1.54) is 0 Å². The lowest BCUT2D eigenvalue weighted by Crippen LogP contribution is -2.22. The van der Waals surface area contributed by atoms with E-state index in [4.69, 9.17) is 9.47 Å². The summed E-state index contributed by atoms with van der Waals surface area (Å²) in [5.74, 6) is -0.574. The van der Waals surface area contributed by atoms with E-state index in [1.807, 2.05) is 19.1 Å². The van der Waals surface area contributed by atoms with Crippen LogP contribution in [0.1, 0.15) is 29.8 Å². The molecule has 80 valence electrons. The topological polar surface area (TPSA) is 35.5 Å². The quantitative estimate of drug-likeness (QED) is 0.695. The van der Waals surface area contributed by atoms with Gasteiger partial charge in [0.1, 0.15) is 0 Å². The Morgan fingerprint density at radius 1 is 1.20 bits per heavy atom. The summed E-state index contributed by atoms with van der Waals surface area (Å²) in [7, 11) is 0. The third kappa shape index (κ3) is 1.94. The summed E-state index contributed by atoms with van der Waals surface area (Å²) in [6.07, 6.45) is 0. The molecule has 0 atom stereocenters. The van der Waals surface area contributed by atoms with Gasteiger partial charge in [-0.3, -0.25) is 4.79 Å². The SMILES string of the molecule is CC(=O)c1ccc(C2(C)OCCO2)cc1. The van der Waals surface area contributed by atoms with Gasteiger partial charge in [0.05, 0.1) is 13.2 Å². The van der Waals surface area contributed by atoms with Gasteiger partial charge in [-0.2, -0.15) is 0 Å². The number of Topliss-reactive ketones (excluding diaryl/α,β-unsaturated/α-hetero) is 1. The smallest absolute Gasteiger partial charge is 0.192 e. The van der Waals surface area contributed by atoms with E-state index in [9.17, 15) is 4.79 Å². The number of ether oxygens (including phenoxy) is 2. The first-order valence-corrected chi connectivity index (χ1v) is 5.01. The number of ketones is 1. The second kappa shape index (κ2) is 3.76. The number of rotatable bonds is 2. The Hall–Kier alpha value is -1.19. The van der Waals surface area contributed by atoms with Gasteiger partial charge in [0, 0.05) is 11.1 Å². The highest BCUT2D eigenvalue weighted by molar-refractivity contribution is 5.94. The second-order valence-corrected chi connectivity index (χ2v) is 3.78. The average Bonchev–Trinajstić information content (AvgIpc) is 2.67. The fourth-order valence-electron chi connectivity index (χ4n) is 1.69. The van der Waals surface area contributed by atoms with Gasteiger partial charge in [-0.05, 0) is 13.8 Å². The Kier molecular flexibility index (Phi) is 2.59. The van der Waals surface area contributed by atoms with E-state index >= 15 is 0 Å². The van der Waals surface area contributed by atoms with E-state index in [2.05, 4.69) is 0 Å². The molecule has 0 spiro atoms. The molecule has 0 saturated carbocycles. The molecule has 1 heterocycles. The van der Waals surface area contributed by atoms with Crippen molar-refractivity contribution in [2.45, 2.75) is 19.6 Å². The number of hydrogen-bond donors (Lipinski definition) is 0. The minimum atomic E-state index is -0.644. The molecular formula is C12H14O3. The van der Waals surface area contributed by atoms with Crippen molar-refractivity contribution in [3.63, 3.8) is 0 Å². The molecule has 0 bridgehead atoms. The van der Waals surface area contributed by atoms with Crippen LogP contribution in [0.3, 0.4) is 0 Å². The normalized spacial score (nSPS) is 19.1. The molecule has 0 unspecified atom stereocenters. The Morgan fingerprint density at radius 3 is 2.20 bits per heavy atom. The van der Waals surface area contributed by atoms with E-state index < -0.39 is 5.79 Å². The van der Waals surface area contributed by atoms with Gasteiger partial charge in [-0.15, -0.1) is 0 Å². The van der Waals surface area contributed by atoms with Crippen LogP contribution in [-0.4, -0.2) is 19.0 Å². The Bertz CT molecular complexity index is 361. The van der Waals surface area contributed by atoms with Crippen LogP contribution in [-0.2, 0) is 15.3 Å². The van der Waals surface area contributed by atoms with E-state index in [0.717, 1.165) is 5.56 Å². The fourth-order valence-corrected chi connectivity index (χ4v) is 1.69. The van der Waals surface area contributed by atoms with E-state index in [-0.39, 0.29) is 5.78 Å². The Labute approximate surface area is 89.0 Å². The summed E-state index contributed by atoms with van der Waals surface area (Å²) < 4.78 is 11.0. The predicted molar refractivity (Wildman–Crippen MR) is 55.7 cm³/mol. The first kappa shape index (κ1) is 10.3. The highest BCUT2D eigenvalue weighted by Gasteiger charge is 2.32. The summed E-state index contributed by atoms with van der Waals surface area (Å²) in [4.78, 5) is 11.1. The first-order chi connectivity index (χ1) is 7.12. The maximum Gasteiger partial charge on any atom is 0.192 e. The van der Waals surface area contributed by atoms with Crippen LogP contribution >= 0.6 is 0 Å². The molecule has 1 fully saturated rings. The van der Waals surface area contributed by atoms with Crippen molar-refractivity contribution in [1.29, 1.82) is 0 Å². The molecule has 1 aromatic rings. The van der Waals surface area contributed by atoms with Gasteiger partial charge < -0.3 is 9.47 Å². The maximum atomic E-state index is 11.1. The van der Waals surface area contributed by atoms with Crippen molar-refractivity contribution >= 4 is 5.78 Å². The molecule has 1 aromatic carbocycles. The number of hydrogen-bond acceptors (Lipinski definition) is 3. The molecular weight excluding hydrogens is 192 g/mol. The van der Waals surface area contributed by atoms with Gasteiger partial charge >= 0.3 is 0 Å². The summed E-state index contributed by atoms with van der Waals surface area (Å²) >= 11 is 0. The summed E-state index contributed by atoms with van der Waals surface area (Å²) in [6.45, 7) is 4.68. The minimum Gasteiger partial charge on any atom is -0.344 e. The van der Waals surface area contributed by atoms with Crippen LogP contribution in [0, 0.1) is 0 Å². The molecule has 0 N–H and O–H groups in total. The molecule has 0 aliphatic carbocycles. The van der Waals surface area contributed by atoms with Gasteiger partial charge in [0.15, 0.2) is 11.6 Å². The largest absolute Gasteiger partial charge is 0.344 e. The van der Waals surface area contributed by atoms with Crippen molar-refractivity contribution in [3.05, 3.63) is 35.4 Å². The van der Waals surface area contributed by atoms with Crippen LogP contribution in [0.25, 0.3) is 0 Å². The Balaban J connectivity index is 2.26. The standard InChI is InChI=1S/C12H14O3/c1-9(13)10-3-5-11(6-4-10)12(2)14-7-8-15-12/h3-6H,7-8H2,1-2H3. The fraction of sp³-hybridized carbons (Fsp3) is 0.417. The molecule has 15 heavy (non-hydrogen) atoms. The van der Waals surface area contributed by atoms with Crippen molar-refractivity contribution in [3.8, 4) is 0 Å². The number of benzene rings is 1. The Morgan fingerprint density at radius 2 is 1.73 bits per heavy atom. The van der Waals surface area contributed by atoms with Crippen LogP contribution in [0.2, 0.25) is 0 Å². The highest BCUT2D eigenvalue weighted by Crippen LogP contribution is 2.30. The second-order valence-electron chi connectivity index (χ2n) is 3.78. The molecule has 0 radical (unpaired) electrons. The maximum absolute atomic E-state index is 11.1. The zero-order valence-electron chi connectivity index (χ0n) is 8.95. The molecule has 2 rings (SSSR count). The highest BCUT2D eigenvalue weighted by atomic mass is 16.7. The van der Waals surface area contributed by atoms with Gasteiger partial charge in [0.25, 0.3) is 0 Å². The monoisotopic (exact) mass is 206 g/mol. The molecule has 3 nitrogen and oxygen atoms in total. The lowest BCUT2D eigenvalue weighted by atomic mass is 10.0. The molecule has 3 heteroatoms. The number of carbonyl (C=O) groups is 1. The van der Waals surface area contributed by atoms with E-state index in [1.54, 1.807) is 19.1 Å². The van der Waals surface area contributed by atoms with Crippen molar-refractivity contribution < 1.29 is 14.3 Å². The van der Waals surface area contributed by atoms with Crippen LogP contribution in [0.15, 0.2) is 24.3 Å². The zero-order valence-corrected chi connectivity index (χ0v) is 8.95. The molecule has 0 aromatic heterocycles. The summed E-state index contributed by atoms with van der Waals surface area (Å²) in [6, 6.07) is 7.35. The van der Waals surface area contributed by atoms with Crippen LogP contribution in [0.5, 0.6) is 0 Å². The lowest BCUT2D eigenvalue weighted by Gasteiger charge is -2.22. The van der Waals surface area contributed by atoms with Crippen LogP contribution in [0.4, 0.5) is 0 Å². The molecule has 1 aliphatic heterocycles. The van der Waals surface area contributed by atoms with Crippen molar-refractivity contribution in [2.75, 3.05) is 13.2 Å². The third-order valence-electron chi connectivity index (χ3n) is 2.65. The van der Waals surface area contributed by atoms with Gasteiger partial charge in [-0.1, -0.05) is 24.3 Å². The summed E-state index contributed by atoms with van der Waals surface area (Å²) in [5.41, 5.74) is 1.66. The molecule has 0 amide bonds. The number of carbonyl (C=O) groups excluding carboxylic acids is 1. The van der Waals surface area contributed by atoms with Crippen LogP contribution < -0.4 is 0 Å². The van der Waals surface area contributed by atoms with Crippen molar-refractivity contribution in [1.82, 2.24) is 0 Å². The molecule has 1 aliphatic rings. The first-order valence-electron chi connectivity index (χ1n) is 5.01. The van der Waals surface area contributed by atoms with Crippen molar-refractivity contribution in [2.24, 2.45) is 0 Å². The zero-order chi connectivity index (χ0) is 10.9.